The van der Waals surface area contributed by atoms with Crippen molar-refractivity contribution in [2.45, 2.75) is 26.7 Å². The lowest BCUT2D eigenvalue weighted by Gasteiger charge is -2.12. The van der Waals surface area contributed by atoms with E-state index in [1.165, 1.54) is 29.8 Å². The Kier molecular flexibility index (Phi) is 3.14. The first-order valence-electron chi connectivity index (χ1n) is 5.88. The second-order valence-electron chi connectivity index (χ2n) is 4.41. The molecule has 1 heterocycles. The molecule has 15 heavy (non-hydrogen) atoms. The molecule has 0 saturated heterocycles. The second-order valence-corrected chi connectivity index (χ2v) is 4.41. The summed E-state index contributed by atoms with van der Waals surface area (Å²) in [4.78, 5) is 0. The van der Waals surface area contributed by atoms with E-state index in [-0.39, 0.29) is 0 Å². The van der Waals surface area contributed by atoms with E-state index in [9.17, 15) is 0 Å². The number of aryl methyl sites for hydroxylation is 1. The lowest BCUT2D eigenvalue weighted by Crippen LogP contribution is -2.18. The van der Waals surface area contributed by atoms with E-state index in [1.54, 1.807) is 0 Å². The van der Waals surface area contributed by atoms with E-state index in [0.717, 1.165) is 19.0 Å². The number of fused-ring (bicyclic) bond motifs is 1. The van der Waals surface area contributed by atoms with Gasteiger partial charge in [-0.2, -0.15) is 0 Å². The van der Waals surface area contributed by atoms with Crippen LogP contribution in [0.2, 0.25) is 0 Å². The molecular formula is C13H20N2. The Balaban J connectivity index is 2.14. The van der Waals surface area contributed by atoms with Crippen LogP contribution in [0.15, 0.2) is 18.2 Å². The van der Waals surface area contributed by atoms with Crippen molar-refractivity contribution in [3.8, 4) is 0 Å². The van der Waals surface area contributed by atoms with Crippen LogP contribution in [0.3, 0.4) is 0 Å². The Morgan fingerprint density at radius 3 is 2.87 bits per heavy atom. The van der Waals surface area contributed by atoms with Gasteiger partial charge in [-0.1, -0.05) is 25.5 Å². The van der Waals surface area contributed by atoms with Gasteiger partial charge in [0.2, 0.25) is 0 Å². The summed E-state index contributed by atoms with van der Waals surface area (Å²) < 4.78 is 0. The third kappa shape index (κ3) is 2.25. The van der Waals surface area contributed by atoms with Gasteiger partial charge in [-0.05, 0) is 30.9 Å². The van der Waals surface area contributed by atoms with E-state index >= 15 is 0 Å². The van der Waals surface area contributed by atoms with Crippen molar-refractivity contribution in [2.24, 2.45) is 5.92 Å². The summed E-state index contributed by atoms with van der Waals surface area (Å²) >= 11 is 0. The van der Waals surface area contributed by atoms with Crippen molar-refractivity contribution in [1.82, 2.24) is 0 Å². The Hall–Kier alpha value is -1.18. The number of para-hydroxylation sites is 1. The minimum atomic E-state index is 0.752. The van der Waals surface area contributed by atoms with Gasteiger partial charge in [-0.15, -0.1) is 0 Å². The predicted molar refractivity (Wildman–Crippen MR) is 66.6 cm³/mol. The van der Waals surface area contributed by atoms with Gasteiger partial charge in [0.15, 0.2) is 0 Å². The summed E-state index contributed by atoms with van der Waals surface area (Å²) in [6.07, 6.45) is 2.57. The van der Waals surface area contributed by atoms with Gasteiger partial charge in [0.25, 0.3) is 0 Å². The Labute approximate surface area is 92.1 Å². The highest BCUT2D eigenvalue weighted by molar-refractivity contribution is 5.73. The average molecular weight is 204 g/mol. The monoisotopic (exact) mass is 204 g/mol. The van der Waals surface area contributed by atoms with Crippen LogP contribution in [-0.4, -0.2) is 13.1 Å². The molecule has 2 rings (SSSR count). The fourth-order valence-electron chi connectivity index (χ4n) is 2.23. The Morgan fingerprint density at radius 2 is 2.07 bits per heavy atom. The standard InChI is InChI=1S/C13H20N2/c1-3-5-11-8-14-12-7-4-6-10(2)13(12)15-9-11/h4,6-7,11,14-15H,3,5,8-9H2,1-2H3. The van der Waals surface area contributed by atoms with Gasteiger partial charge < -0.3 is 10.6 Å². The van der Waals surface area contributed by atoms with Crippen LogP contribution < -0.4 is 10.6 Å². The minimum absolute atomic E-state index is 0.752. The first kappa shape index (κ1) is 10.3. The molecule has 1 atom stereocenters. The van der Waals surface area contributed by atoms with Crippen molar-refractivity contribution in [3.63, 3.8) is 0 Å². The quantitative estimate of drug-likeness (QED) is 0.772. The van der Waals surface area contributed by atoms with E-state index in [4.69, 9.17) is 0 Å². The zero-order valence-corrected chi connectivity index (χ0v) is 9.64. The average Bonchev–Trinajstić information content (AvgIpc) is 2.43. The third-order valence-corrected chi connectivity index (χ3v) is 3.12. The molecule has 0 aromatic heterocycles. The summed E-state index contributed by atoms with van der Waals surface area (Å²) in [6, 6.07) is 6.43. The first-order chi connectivity index (χ1) is 7.31. The molecular weight excluding hydrogens is 184 g/mol. The zero-order chi connectivity index (χ0) is 10.7. The normalized spacial score (nSPS) is 19.7. The van der Waals surface area contributed by atoms with Crippen molar-refractivity contribution < 1.29 is 0 Å². The molecule has 82 valence electrons. The van der Waals surface area contributed by atoms with Gasteiger partial charge >= 0.3 is 0 Å². The third-order valence-electron chi connectivity index (χ3n) is 3.12. The fourth-order valence-corrected chi connectivity index (χ4v) is 2.23. The lowest BCUT2D eigenvalue weighted by molar-refractivity contribution is 0.531. The van der Waals surface area contributed by atoms with E-state index in [2.05, 4.69) is 42.7 Å². The number of anilines is 2. The van der Waals surface area contributed by atoms with Crippen molar-refractivity contribution in [1.29, 1.82) is 0 Å². The first-order valence-corrected chi connectivity index (χ1v) is 5.88. The van der Waals surface area contributed by atoms with Crippen LogP contribution >= 0.6 is 0 Å². The zero-order valence-electron chi connectivity index (χ0n) is 9.64. The van der Waals surface area contributed by atoms with Gasteiger partial charge in [0, 0.05) is 13.1 Å². The van der Waals surface area contributed by atoms with Crippen LogP contribution in [0.25, 0.3) is 0 Å². The molecule has 1 aromatic carbocycles. The predicted octanol–water partition coefficient (Wildman–Crippen LogP) is 3.25. The number of benzene rings is 1. The SMILES string of the molecule is CCCC1CNc2cccc(C)c2NC1. The lowest BCUT2D eigenvalue weighted by atomic mass is 10.0. The summed E-state index contributed by atoms with van der Waals surface area (Å²) in [5, 5.41) is 7.10. The van der Waals surface area contributed by atoms with Gasteiger partial charge in [0.1, 0.15) is 0 Å². The highest BCUT2D eigenvalue weighted by atomic mass is 15.0. The van der Waals surface area contributed by atoms with Crippen LogP contribution in [0.4, 0.5) is 11.4 Å². The summed E-state index contributed by atoms with van der Waals surface area (Å²) in [5.41, 5.74) is 3.88. The Morgan fingerprint density at radius 1 is 1.27 bits per heavy atom. The number of nitrogens with one attached hydrogen (secondary N) is 2. The number of hydrogen-bond donors (Lipinski definition) is 2. The van der Waals surface area contributed by atoms with E-state index < -0.39 is 0 Å². The summed E-state index contributed by atoms with van der Waals surface area (Å²) in [5.74, 6) is 0.752. The van der Waals surface area contributed by atoms with E-state index in [1.807, 2.05) is 0 Å². The molecule has 1 unspecified atom stereocenters. The number of rotatable bonds is 2. The van der Waals surface area contributed by atoms with Crippen LogP contribution in [0.1, 0.15) is 25.3 Å². The molecule has 2 heteroatoms. The smallest absolute Gasteiger partial charge is 0.0605 e. The fraction of sp³-hybridized carbons (Fsp3) is 0.538. The molecule has 1 aliphatic heterocycles. The maximum absolute atomic E-state index is 3.57. The van der Waals surface area contributed by atoms with Gasteiger partial charge in [-0.25, -0.2) is 0 Å². The van der Waals surface area contributed by atoms with Crippen molar-refractivity contribution >= 4 is 11.4 Å². The molecule has 1 aliphatic rings. The molecule has 0 bridgehead atoms. The molecule has 0 saturated carbocycles. The number of hydrogen-bond acceptors (Lipinski definition) is 2. The van der Waals surface area contributed by atoms with Crippen molar-refractivity contribution in [2.75, 3.05) is 23.7 Å². The molecule has 0 fully saturated rings. The maximum atomic E-state index is 3.57. The summed E-state index contributed by atoms with van der Waals surface area (Å²) in [6.45, 7) is 6.60. The van der Waals surface area contributed by atoms with Crippen LogP contribution in [0, 0.1) is 12.8 Å². The highest BCUT2D eigenvalue weighted by Gasteiger charge is 2.14. The largest absolute Gasteiger partial charge is 0.383 e. The molecule has 1 aromatic rings. The molecule has 0 radical (unpaired) electrons. The Bertz CT molecular complexity index is 333. The molecule has 0 amide bonds. The second kappa shape index (κ2) is 4.56. The van der Waals surface area contributed by atoms with E-state index in [0.29, 0.717) is 0 Å². The molecule has 0 aliphatic carbocycles. The molecule has 0 spiro atoms. The maximum Gasteiger partial charge on any atom is 0.0605 e. The van der Waals surface area contributed by atoms with Crippen LogP contribution in [0.5, 0.6) is 0 Å². The van der Waals surface area contributed by atoms with Crippen molar-refractivity contribution in [3.05, 3.63) is 23.8 Å². The molecule has 2 nitrogen and oxygen atoms in total. The topological polar surface area (TPSA) is 24.1 Å². The highest BCUT2D eigenvalue weighted by Crippen LogP contribution is 2.28. The molecule has 2 N–H and O–H groups in total. The van der Waals surface area contributed by atoms with Gasteiger partial charge in [-0.3, -0.25) is 0 Å². The van der Waals surface area contributed by atoms with Crippen LogP contribution in [-0.2, 0) is 0 Å². The van der Waals surface area contributed by atoms with Gasteiger partial charge in [0.05, 0.1) is 11.4 Å². The minimum Gasteiger partial charge on any atom is -0.383 e. The summed E-state index contributed by atoms with van der Waals surface area (Å²) in [7, 11) is 0.